The van der Waals surface area contributed by atoms with Crippen LogP contribution in [-0.2, 0) is 6.61 Å². The van der Waals surface area contributed by atoms with E-state index in [0.717, 1.165) is 11.3 Å². The second-order valence-electron chi connectivity index (χ2n) is 3.60. The molecule has 15 heavy (non-hydrogen) atoms. The molecular formula is C11H13N3O. The molecule has 0 aliphatic rings. The van der Waals surface area contributed by atoms with Crippen molar-refractivity contribution in [1.29, 1.82) is 0 Å². The number of rotatable bonds is 2. The number of hydrogen-bond donors (Lipinski definition) is 1. The van der Waals surface area contributed by atoms with Crippen molar-refractivity contribution >= 4 is 0 Å². The van der Waals surface area contributed by atoms with Gasteiger partial charge in [-0.25, -0.2) is 4.68 Å². The van der Waals surface area contributed by atoms with Crippen LogP contribution in [0.15, 0.2) is 24.4 Å². The zero-order valence-corrected chi connectivity index (χ0v) is 8.81. The molecule has 0 saturated carbocycles. The molecule has 4 heteroatoms. The highest BCUT2D eigenvalue weighted by Crippen LogP contribution is 2.14. The lowest BCUT2D eigenvalue weighted by Gasteiger charge is -2.05. The Morgan fingerprint density at radius 2 is 2.13 bits per heavy atom. The van der Waals surface area contributed by atoms with Gasteiger partial charge in [0.05, 0.1) is 18.5 Å². The Morgan fingerprint density at radius 1 is 1.33 bits per heavy atom. The summed E-state index contributed by atoms with van der Waals surface area (Å²) in [4.78, 5) is 0. The first kappa shape index (κ1) is 9.86. The zero-order chi connectivity index (χ0) is 10.8. The summed E-state index contributed by atoms with van der Waals surface area (Å²) in [6.07, 6.45) is 1.74. The number of benzene rings is 1. The van der Waals surface area contributed by atoms with Gasteiger partial charge in [-0.3, -0.25) is 0 Å². The van der Waals surface area contributed by atoms with E-state index in [1.54, 1.807) is 10.9 Å². The molecule has 1 aromatic heterocycles. The summed E-state index contributed by atoms with van der Waals surface area (Å²) in [5.74, 6) is 0. The summed E-state index contributed by atoms with van der Waals surface area (Å²) in [5, 5.41) is 16.7. The summed E-state index contributed by atoms with van der Waals surface area (Å²) in [7, 11) is 0. The average molecular weight is 203 g/mol. The van der Waals surface area contributed by atoms with Crippen molar-refractivity contribution in [3.05, 3.63) is 41.2 Å². The van der Waals surface area contributed by atoms with Gasteiger partial charge in [0.2, 0.25) is 0 Å². The maximum Gasteiger partial charge on any atom is 0.109 e. The van der Waals surface area contributed by atoms with Crippen molar-refractivity contribution in [3.63, 3.8) is 0 Å². The van der Waals surface area contributed by atoms with Gasteiger partial charge in [0.25, 0.3) is 0 Å². The Labute approximate surface area is 88.2 Å². The molecule has 0 aliphatic heterocycles. The number of aliphatic hydroxyl groups excluding tert-OH is 1. The molecule has 0 unspecified atom stereocenters. The van der Waals surface area contributed by atoms with E-state index >= 15 is 0 Å². The second kappa shape index (κ2) is 3.82. The number of nitrogens with zero attached hydrogens (tertiary/aromatic N) is 3. The van der Waals surface area contributed by atoms with Gasteiger partial charge in [-0.1, -0.05) is 17.3 Å². The van der Waals surface area contributed by atoms with Crippen molar-refractivity contribution in [1.82, 2.24) is 15.0 Å². The largest absolute Gasteiger partial charge is 0.390 e. The topological polar surface area (TPSA) is 50.9 Å². The SMILES string of the molecule is Cc1ccc(C)c(-n2cc(CO)nn2)c1. The quantitative estimate of drug-likeness (QED) is 0.802. The van der Waals surface area contributed by atoms with Crippen LogP contribution in [0.25, 0.3) is 5.69 Å². The lowest BCUT2D eigenvalue weighted by molar-refractivity contribution is 0.276. The number of hydrogen-bond acceptors (Lipinski definition) is 3. The van der Waals surface area contributed by atoms with Crippen LogP contribution in [-0.4, -0.2) is 20.1 Å². The third kappa shape index (κ3) is 1.89. The smallest absolute Gasteiger partial charge is 0.109 e. The van der Waals surface area contributed by atoms with Gasteiger partial charge in [-0.05, 0) is 31.0 Å². The lowest BCUT2D eigenvalue weighted by Crippen LogP contribution is -1.98. The van der Waals surface area contributed by atoms with E-state index < -0.39 is 0 Å². The molecule has 0 aliphatic carbocycles. The summed E-state index contributed by atoms with van der Waals surface area (Å²) in [6.45, 7) is 3.98. The number of aliphatic hydroxyl groups is 1. The van der Waals surface area contributed by atoms with Crippen LogP contribution in [0.5, 0.6) is 0 Å². The van der Waals surface area contributed by atoms with Crippen LogP contribution in [0.4, 0.5) is 0 Å². The van der Waals surface area contributed by atoms with Crippen LogP contribution >= 0.6 is 0 Å². The Bertz CT molecular complexity index is 476. The molecule has 0 fully saturated rings. The molecule has 4 nitrogen and oxygen atoms in total. The molecular weight excluding hydrogens is 190 g/mol. The van der Waals surface area contributed by atoms with Crippen LogP contribution in [0.1, 0.15) is 16.8 Å². The Balaban J connectivity index is 2.48. The molecule has 2 rings (SSSR count). The number of aryl methyl sites for hydroxylation is 2. The van der Waals surface area contributed by atoms with Gasteiger partial charge < -0.3 is 5.11 Å². The predicted octanol–water partition coefficient (Wildman–Crippen LogP) is 1.38. The molecule has 0 amide bonds. The van der Waals surface area contributed by atoms with Crippen LogP contribution in [0.2, 0.25) is 0 Å². The summed E-state index contributed by atoms with van der Waals surface area (Å²) < 4.78 is 1.69. The van der Waals surface area contributed by atoms with Gasteiger partial charge >= 0.3 is 0 Å². The minimum absolute atomic E-state index is 0.0785. The molecule has 1 N–H and O–H groups in total. The first-order chi connectivity index (χ1) is 7.20. The first-order valence-corrected chi connectivity index (χ1v) is 4.80. The van der Waals surface area contributed by atoms with Crippen LogP contribution in [0, 0.1) is 13.8 Å². The van der Waals surface area contributed by atoms with Crippen molar-refractivity contribution in [2.24, 2.45) is 0 Å². The summed E-state index contributed by atoms with van der Waals surface area (Å²) >= 11 is 0. The lowest BCUT2D eigenvalue weighted by atomic mass is 10.1. The van der Waals surface area contributed by atoms with E-state index in [0.29, 0.717) is 5.69 Å². The van der Waals surface area contributed by atoms with Gasteiger partial charge in [-0.2, -0.15) is 0 Å². The molecule has 1 heterocycles. The fraction of sp³-hybridized carbons (Fsp3) is 0.273. The molecule has 0 atom stereocenters. The first-order valence-electron chi connectivity index (χ1n) is 4.80. The fourth-order valence-electron chi connectivity index (χ4n) is 1.45. The summed E-state index contributed by atoms with van der Waals surface area (Å²) in [6, 6.07) is 6.15. The standard InChI is InChI=1S/C11H13N3O/c1-8-3-4-9(2)11(5-8)14-6-10(7-15)12-13-14/h3-6,15H,7H2,1-2H3. The van der Waals surface area contributed by atoms with Gasteiger partial charge in [-0.15, -0.1) is 5.10 Å². The monoisotopic (exact) mass is 203 g/mol. The predicted molar refractivity (Wildman–Crippen MR) is 56.8 cm³/mol. The van der Waals surface area contributed by atoms with Crippen LogP contribution in [0.3, 0.4) is 0 Å². The molecule has 0 saturated heterocycles. The third-order valence-electron chi connectivity index (χ3n) is 2.31. The Hall–Kier alpha value is -1.68. The molecule has 2 aromatic rings. The van der Waals surface area contributed by atoms with E-state index in [4.69, 9.17) is 5.11 Å². The van der Waals surface area contributed by atoms with Crippen molar-refractivity contribution in [3.8, 4) is 5.69 Å². The van der Waals surface area contributed by atoms with Gasteiger partial charge in [0.1, 0.15) is 5.69 Å². The van der Waals surface area contributed by atoms with E-state index in [9.17, 15) is 0 Å². The molecule has 78 valence electrons. The minimum Gasteiger partial charge on any atom is -0.390 e. The second-order valence-corrected chi connectivity index (χ2v) is 3.60. The van der Waals surface area contributed by atoms with E-state index in [1.165, 1.54) is 5.56 Å². The van der Waals surface area contributed by atoms with Gasteiger partial charge in [0.15, 0.2) is 0 Å². The molecule has 0 spiro atoms. The van der Waals surface area contributed by atoms with Crippen molar-refractivity contribution in [2.45, 2.75) is 20.5 Å². The Morgan fingerprint density at radius 3 is 2.80 bits per heavy atom. The number of aromatic nitrogens is 3. The highest BCUT2D eigenvalue weighted by molar-refractivity contribution is 5.42. The highest BCUT2D eigenvalue weighted by Gasteiger charge is 2.04. The van der Waals surface area contributed by atoms with Crippen LogP contribution < -0.4 is 0 Å². The van der Waals surface area contributed by atoms with Crippen molar-refractivity contribution in [2.75, 3.05) is 0 Å². The fourth-order valence-corrected chi connectivity index (χ4v) is 1.45. The molecule has 1 aromatic carbocycles. The maximum absolute atomic E-state index is 8.91. The Kier molecular flexibility index (Phi) is 2.51. The third-order valence-corrected chi connectivity index (χ3v) is 2.31. The van der Waals surface area contributed by atoms with Crippen molar-refractivity contribution < 1.29 is 5.11 Å². The van der Waals surface area contributed by atoms with Gasteiger partial charge in [0, 0.05) is 0 Å². The normalized spacial score (nSPS) is 10.6. The highest BCUT2D eigenvalue weighted by atomic mass is 16.3. The minimum atomic E-state index is -0.0785. The van der Waals surface area contributed by atoms with E-state index in [-0.39, 0.29) is 6.61 Å². The molecule has 0 radical (unpaired) electrons. The summed E-state index contributed by atoms with van der Waals surface area (Å²) in [5.41, 5.74) is 3.89. The molecule has 0 bridgehead atoms. The zero-order valence-electron chi connectivity index (χ0n) is 8.81. The maximum atomic E-state index is 8.91. The van der Waals surface area contributed by atoms with E-state index in [1.807, 2.05) is 26.0 Å². The average Bonchev–Trinajstić information content (AvgIpc) is 2.70. The van der Waals surface area contributed by atoms with E-state index in [2.05, 4.69) is 16.4 Å².